The van der Waals surface area contributed by atoms with Gasteiger partial charge in [-0.3, -0.25) is 9.59 Å². The van der Waals surface area contributed by atoms with Gasteiger partial charge in [0, 0.05) is 18.7 Å². The SMILES string of the molecule is CCOC(=O)c1ccc(N(CC(=O)NC2CCCCC2)C(C)=O)cc1. The van der Waals surface area contributed by atoms with Gasteiger partial charge in [0.05, 0.1) is 12.2 Å². The van der Waals surface area contributed by atoms with Crippen molar-refractivity contribution >= 4 is 23.5 Å². The third-order valence-corrected chi connectivity index (χ3v) is 4.34. The second-order valence-electron chi connectivity index (χ2n) is 6.27. The number of esters is 1. The van der Waals surface area contributed by atoms with Crippen LogP contribution in [0.25, 0.3) is 0 Å². The number of nitrogens with one attached hydrogen (secondary N) is 1. The molecule has 0 aliphatic heterocycles. The molecule has 1 fully saturated rings. The van der Waals surface area contributed by atoms with Crippen LogP contribution in [0.1, 0.15) is 56.3 Å². The molecule has 1 aromatic rings. The molecule has 0 aromatic heterocycles. The van der Waals surface area contributed by atoms with Crippen LogP contribution >= 0.6 is 0 Å². The molecule has 1 aromatic carbocycles. The second-order valence-corrected chi connectivity index (χ2v) is 6.27. The average molecular weight is 346 g/mol. The quantitative estimate of drug-likeness (QED) is 0.804. The van der Waals surface area contributed by atoms with Crippen LogP contribution in [0.15, 0.2) is 24.3 Å². The smallest absolute Gasteiger partial charge is 0.338 e. The summed E-state index contributed by atoms with van der Waals surface area (Å²) in [5, 5.41) is 3.01. The van der Waals surface area contributed by atoms with Crippen LogP contribution in [-0.2, 0) is 14.3 Å². The fraction of sp³-hybridized carbons (Fsp3) is 0.526. The minimum atomic E-state index is -0.404. The van der Waals surface area contributed by atoms with Gasteiger partial charge in [-0.25, -0.2) is 4.79 Å². The van der Waals surface area contributed by atoms with E-state index in [9.17, 15) is 14.4 Å². The first kappa shape index (κ1) is 19.0. The monoisotopic (exact) mass is 346 g/mol. The molecule has 0 spiro atoms. The topological polar surface area (TPSA) is 75.7 Å². The van der Waals surface area contributed by atoms with Crippen molar-refractivity contribution in [3.8, 4) is 0 Å². The van der Waals surface area contributed by atoms with Crippen LogP contribution < -0.4 is 10.2 Å². The lowest BCUT2D eigenvalue weighted by Crippen LogP contribution is -2.44. The molecule has 136 valence electrons. The summed E-state index contributed by atoms with van der Waals surface area (Å²) < 4.78 is 4.94. The number of nitrogens with zero attached hydrogens (tertiary/aromatic N) is 1. The molecule has 1 aliphatic carbocycles. The van der Waals surface area contributed by atoms with E-state index in [0.717, 1.165) is 25.7 Å². The molecule has 6 nitrogen and oxygen atoms in total. The van der Waals surface area contributed by atoms with E-state index in [1.165, 1.54) is 18.2 Å². The van der Waals surface area contributed by atoms with Crippen LogP contribution in [0.3, 0.4) is 0 Å². The maximum Gasteiger partial charge on any atom is 0.338 e. The summed E-state index contributed by atoms with van der Waals surface area (Å²) in [6.45, 7) is 3.45. The Morgan fingerprint density at radius 1 is 1.12 bits per heavy atom. The number of carbonyl (C=O) groups excluding carboxylic acids is 3. The summed E-state index contributed by atoms with van der Waals surface area (Å²) in [7, 11) is 0. The Morgan fingerprint density at radius 2 is 1.76 bits per heavy atom. The molecule has 1 N–H and O–H groups in total. The maximum absolute atomic E-state index is 12.3. The fourth-order valence-electron chi connectivity index (χ4n) is 3.04. The van der Waals surface area contributed by atoms with Gasteiger partial charge in [-0.2, -0.15) is 0 Å². The van der Waals surface area contributed by atoms with E-state index in [1.807, 2.05) is 0 Å². The number of anilines is 1. The Hall–Kier alpha value is -2.37. The molecule has 1 aliphatic rings. The van der Waals surface area contributed by atoms with Crippen LogP contribution in [0.5, 0.6) is 0 Å². The molecule has 2 rings (SSSR count). The number of hydrogen-bond acceptors (Lipinski definition) is 4. The molecule has 2 amide bonds. The summed E-state index contributed by atoms with van der Waals surface area (Å²) in [6.07, 6.45) is 5.49. The number of rotatable bonds is 6. The van der Waals surface area contributed by atoms with E-state index in [4.69, 9.17) is 4.74 Å². The summed E-state index contributed by atoms with van der Waals surface area (Å²) >= 11 is 0. The molecule has 25 heavy (non-hydrogen) atoms. The molecule has 0 atom stereocenters. The highest BCUT2D eigenvalue weighted by Crippen LogP contribution is 2.18. The van der Waals surface area contributed by atoms with Crippen molar-refractivity contribution in [1.29, 1.82) is 0 Å². The van der Waals surface area contributed by atoms with Gasteiger partial charge in [-0.1, -0.05) is 19.3 Å². The number of ether oxygens (including phenoxy) is 1. The lowest BCUT2D eigenvalue weighted by Gasteiger charge is -2.25. The molecule has 0 radical (unpaired) electrons. The van der Waals surface area contributed by atoms with E-state index in [0.29, 0.717) is 17.9 Å². The Labute approximate surface area is 148 Å². The van der Waals surface area contributed by atoms with Gasteiger partial charge in [-0.05, 0) is 44.0 Å². The molecule has 1 saturated carbocycles. The zero-order valence-corrected chi connectivity index (χ0v) is 14.9. The van der Waals surface area contributed by atoms with Crippen LogP contribution in [0.4, 0.5) is 5.69 Å². The summed E-state index contributed by atoms with van der Waals surface area (Å²) in [4.78, 5) is 37.3. The Morgan fingerprint density at radius 3 is 2.32 bits per heavy atom. The van der Waals surface area contributed by atoms with Gasteiger partial charge in [-0.15, -0.1) is 0 Å². The standard InChI is InChI=1S/C19H26N2O4/c1-3-25-19(24)15-9-11-17(12-10-15)21(14(2)22)13-18(23)20-16-7-5-4-6-8-16/h9-12,16H,3-8,13H2,1-2H3,(H,20,23). The summed E-state index contributed by atoms with van der Waals surface area (Å²) in [5.41, 5.74) is 1.00. The normalized spacial score (nSPS) is 14.6. The molecular formula is C19H26N2O4. The molecule has 0 heterocycles. The molecule has 0 unspecified atom stereocenters. The number of amides is 2. The van der Waals surface area contributed by atoms with E-state index >= 15 is 0 Å². The van der Waals surface area contributed by atoms with E-state index in [-0.39, 0.29) is 24.4 Å². The largest absolute Gasteiger partial charge is 0.462 e. The number of carbonyl (C=O) groups is 3. The van der Waals surface area contributed by atoms with Gasteiger partial charge in [0.1, 0.15) is 6.54 Å². The van der Waals surface area contributed by atoms with Crippen molar-refractivity contribution < 1.29 is 19.1 Å². The van der Waals surface area contributed by atoms with Gasteiger partial charge in [0.25, 0.3) is 0 Å². The minimum Gasteiger partial charge on any atom is -0.462 e. The van der Waals surface area contributed by atoms with E-state index in [2.05, 4.69) is 5.32 Å². The lowest BCUT2D eigenvalue weighted by molar-refractivity contribution is -0.123. The van der Waals surface area contributed by atoms with Crippen molar-refractivity contribution in [2.75, 3.05) is 18.1 Å². The van der Waals surface area contributed by atoms with Gasteiger partial charge >= 0.3 is 5.97 Å². The minimum absolute atomic E-state index is 0.0232. The highest BCUT2D eigenvalue weighted by molar-refractivity contribution is 5.98. The average Bonchev–Trinajstić information content (AvgIpc) is 2.61. The second kappa shape index (κ2) is 9.20. The molecule has 0 bridgehead atoms. The summed E-state index contributed by atoms with van der Waals surface area (Å²) in [5.74, 6) is -0.780. The third-order valence-electron chi connectivity index (χ3n) is 4.34. The zero-order valence-electron chi connectivity index (χ0n) is 14.9. The van der Waals surface area contributed by atoms with Crippen LogP contribution in [-0.4, -0.2) is 37.0 Å². The maximum atomic E-state index is 12.3. The van der Waals surface area contributed by atoms with Crippen molar-refractivity contribution in [2.24, 2.45) is 0 Å². The van der Waals surface area contributed by atoms with E-state index in [1.54, 1.807) is 31.2 Å². The third kappa shape index (κ3) is 5.59. The van der Waals surface area contributed by atoms with Crippen LogP contribution in [0.2, 0.25) is 0 Å². The fourth-order valence-corrected chi connectivity index (χ4v) is 3.04. The lowest BCUT2D eigenvalue weighted by atomic mass is 9.95. The summed E-state index contributed by atoms with van der Waals surface area (Å²) in [6, 6.07) is 6.72. The first-order valence-corrected chi connectivity index (χ1v) is 8.86. The zero-order chi connectivity index (χ0) is 18.2. The Kier molecular flexibility index (Phi) is 6.98. The van der Waals surface area contributed by atoms with Crippen molar-refractivity contribution in [3.05, 3.63) is 29.8 Å². The van der Waals surface area contributed by atoms with Gasteiger partial charge in [0.15, 0.2) is 0 Å². The first-order chi connectivity index (χ1) is 12.0. The van der Waals surface area contributed by atoms with Crippen molar-refractivity contribution in [2.45, 2.75) is 52.0 Å². The van der Waals surface area contributed by atoms with Crippen LogP contribution in [0, 0.1) is 0 Å². The van der Waals surface area contributed by atoms with Crippen molar-refractivity contribution in [3.63, 3.8) is 0 Å². The molecular weight excluding hydrogens is 320 g/mol. The van der Waals surface area contributed by atoms with E-state index < -0.39 is 5.97 Å². The molecule has 0 saturated heterocycles. The Bertz CT molecular complexity index is 606. The first-order valence-electron chi connectivity index (χ1n) is 8.86. The van der Waals surface area contributed by atoms with Crippen molar-refractivity contribution in [1.82, 2.24) is 5.32 Å². The predicted molar refractivity (Wildman–Crippen MR) is 95.4 cm³/mol. The number of benzene rings is 1. The molecule has 6 heteroatoms. The number of hydrogen-bond donors (Lipinski definition) is 1. The Balaban J connectivity index is 2.00. The van der Waals surface area contributed by atoms with Gasteiger partial charge in [0.2, 0.25) is 11.8 Å². The van der Waals surface area contributed by atoms with Gasteiger partial charge < -0.3 is 15.0 Å². The predicted octanol–water partition coefficient (Wildman–Crippen LogP) is 2.67. The highest BCUT2D eigenvalue weighted by Gasteiger charge is 2.20. The highest BCUT2D eigenvalue weighted by atomic mass is 16.5.